The number of esters is 1. The summed E-state index contributed by atoms with van der Waals surface area (Å²) in [6.07, 6.45) is 0.541. The molecule has 124 valence electrons. The molecule has 0 saturated carbocycles. The van der Waals surface area contributed by atoms with E-state index in [2.05, 4.69) is 0 Å². The van der Waals surface area contributed by atoms with E-state index in [0.717, 1.165) is 17.8 Å². The molecule has 0 radical (unpaired) electrons. The zero-order valence-corrected chi connectivity index (χ0v) is 14.1. The predicted molar refractivity (Wildman–Crippen MR) is 89.1 cm³/mol. The summed E-state index contributed by atoms with van der Waals surface area (Å²) >= 11 is 0. The third-order valence-electron chi connectivity index (χ3n) is 3.58. The molecular formula is C17H28N2O3. The van der Waals surface area contributed by atoms with Crippen molar-refractivity contribution in [2.75, 3.05) is 45.7 Å². The maximum atomic E-state index is 11.3. The van der Waals surface area contributed by atoms with Crippen molar-refractivity contribution in [3.63, 3.8) is 0 Å². The molecule has 5 nitrogen and oxygen atoms in total. The van der Waals surface area contributed by atoms with Gasteiger partial charge in [0.05, 0.1) is 19.1 Å². The lowest BCUT2D eigenvalue weighted by Gasteiger charge is -2.19. The average molecular weight is 308 g/mol. The second-order valence-electron chi connectivity index (χ2n) is 5.65. The van der Waals surface area contributed by atoms with Crippen molar-refractivity contribution in [3.8, 4) is 0 Å². The van der Waals surface area contributed by atoms with Crippen molar-refractivity contribution in [1.82, 2.24) is 4.90 Å². The van der Waals surface area contributed by atoms with Gasteiger partial charge in [0.15, 0.2) is 0 Å². The Morgan fingerprint density at radius 1 is 1.18 bits per heavy atom. The molecule has 0 aliphatic heterocycles. The fourth-order valence-corrected chi connectivity index (χ4v) is 2.13. The summed E-state index contributed by atoms with van der Waals surface area (Å²) < 4.78 is 4.90. The first-order valence-electron chi connectivity index (χ1n) is 7.73. The van der Waals surface area contributed by atoms with Crippen LogP contribution in [0.1, 0.15) is 31.4 Å². The highest BCUT2D eigenvalue weighted by Gasteiger charge is 2.10. The van der Waals surface area contributed by atoms with Gasteiger partial charge < -0.3 is 19.6 Å². The highest BCUT2D eigenvalue weighted by Crippen LogP contribution is 2.20. The first kappa shape index (κ1) is 18.5. The Morgan fingerprint density at radius 2 is 1.82 bits per heavy atom. The van der Waals surface area contributed by atoms with Crippen molar-refractivity contribution in [2.45, 2.75) is 25.9 Å². The molecule has 1 rings (SSSR count). The molecule has 0 amide bonds. The summed E-state index contributed by atoms with van der Waals surface area (Å²) in [6, 6.07) is 7.92. The molecule has 0 spiro atoms. The van der Waals surface area contributed by atoms with Gasteiger partial charge in [-0.2, -0.15) is 0 Å². The van der Waals surface area contributed by atoms with Crippen LogP contribution in [0.15, 0.2) is 24.3 Å². The SMILES string of the molecule is CCOC(=O)CCN(C)CCC(O)c1ccc(N(C)C)cc1. The van der Waals surface area contributed by atoms with E-state index < -0.39 is 6.10 Å². The van der Waals surface area contributed by atoms with Crippen molar-refractivity contribution in [3.05, 3.63) is 29.8 Å². The van der Waals surface area contributed by atoms with E-state index in [0.29, 0.717) is 26.0 Å². The fourth-order valence-electron chi connectivity index (χ4n) is 2.13. The van der Waals surface area contributed by atoms with E-state index in [-0.39, 0.29) is 5.97 Å². The Bertz CT molecular complexity index is 446. The molecule has 0 aliphatic carbocycles. The van der Waals surface area contributed by atoms with Gasteiger partial charge in [0.2, 0.25) is 0 Å². The summed E-state index contributed by atoms with van der Waals surface area (Å²) in [6.45, 7) is 3.60. The van der Waals surface area contributed by atoms with Gasteiger partial charge in [0, 0.05) is 32.9 Å². The lowest BCUT2D eigenvalue weighted by atomic mass is 10.1. The Balaban J connectivity index is 2.35. The first-order valence-corrected chi connectivity index (χ1v) is 7.73. The summed E-state index contributed by atoms with van der Waals surface area (Å²) in [4.78, 5) is 15.4. The van der Waals surface area contributed by atoms with E-state index in [1.54, 1.807) is 6.92 Å². The minimum absolute atomic E-state index is 0.172. The van der Waals surface area contributed by atoms with Gasteiger partial charge in [0.25, 0.3) is 0 Å². The Morgan fingerprint density at radius 3 is 2.36 bits per heavy atom. The number of benzene rings is 1. The van der Waals surface area contributed by atoms with E-state index in [1.165, 1.54) is 0 Å². The third kappa shape index (κ3) is 6.45. The number of hydrogen-bond acceptors (Lipinski definition) is 5. The normalized spacial score (nSPS) is 12.3. The van der Waals surface area contributed by atoms with Crippen LogP contribution < -0.4 is 4.90 Å². The van der Waals surface area contributed by atoms with Gasteiger partial charge in [-0.15, -0.1) is 0 Å². The standard InChI is InChI=1S/C17H28N2O3/c1-5-22-17(21)11-13-19(4)12-10-16(20)14-6-8-15(9-7-14)18(2)3/h6-9,16,20H,5,10-13H2,1-4H3. The quantitative estimate of drug-likeness (QED) is 0.708. The molecule has 22 heavy (non-hydrogen) atoms. The van der Waals surface area contributed by atoms with Crippen LogP contribution in [0, 0.1) is 0 Å². The number of aliphatic hydroxyl groups is 1. The van der Waals surface area contributed by atoms with Crippen LogP contribution in [0.25, 0.3) is 0 Å². The summed E-state index contributed by atoms with van der Waals surface area (Å²) in [5, 5.41) is 10.2. The number of nitrogens with zero attached hydrogens (tertiary/aromatic N) is 2. The summed E-state index contributed by atoms with van der Waals surface area (Å²) in [7, 11) is 5.93. The van der Waals surface area contributed by atoms with E-state index in [9.17, 15) is 9.90 Å². The number of carbonyl (C=O) groups is 1. The zero-order chi connectivity index (χ0) is 16.5. The second-order valence-corrected chi connectivity index (χ2v) is 5.65. The number of anilines is 1. The molecule has 0 fully saturated rings. The molecule has 0 heterocycles. The Labute approximate surface area is 133 Å². The molecule has 1 aromatic rings. The van der Waals surface area contributed by atoms with Crippen LogP contribution in [0.5, 0.6) is 0 Å². The van der Waals surface area contributed by atoms with Gasteiger partial charge in [-0.3, -0.25) is 4.79 Å². The van der Waals surface area contributed by atoms with Crippen LogP contribution in [0.2, 0.25) is 0 Å². The van der Waals surface area contributed by atoms with Gasteiger partial charge in [-0.05, 0) is 38.1 Å². The van der Waals surface area contributed by atoms with Crippen LogP contribution in [0.3, 0.4) is 0 Å². The summed E-state index contributed by atoms with van der Waals surface area (Å²) in [5.41, 5.74) is 2.03. The molecule has 1 atom stereocenters. The molecule has 1 aromatic carbocycles. The number of rotatable bonds is 9. The minimum Gasteiger partial charge on any atom is -0.466 e. The Kier molecular flexibility index (Phi) is 7.91. The summed E-state index contributed by atoms with van der Waals surface area (Å²) in [5.74, 6) is -0.172. The second kappa shape index (κ2) is 9.43. The van der Waals surface area contributed by atoms with Crippen molar-refractivity contribution < 1.29 is 14.6 Å². The average Bonchev–Trinajstić information content (AvgIpc) is 2.51. The largest absolute Gasteiger partial charge is 0.466 e. The van der Waals surface area contributed by atoms with E-state index in [4.69, 9.17) is 4.74 Å². The monoisotopic (exact) mass is 308 g/mol. The zero-order valence-electron chi connectivity index (χ0n) is 14.1. The number of ether oxygens (including phenoxy) is 1. The topological polar surface area (TPSA) is 53.0 Å². The van der Waals surface area contributed by atoms with E-state index in [1.807, 2.05) is 55.2 Å². The molecule has 0 saturated heterocycles. The number of aliphatic hydroxyl groups excluding tert-OH is 1. The molecular weight excluding hydrogens is 280 g/mol. The van der Waals surface area contributed by atoms with Gasteiger partial charge in [0.1, 0.15) is 0 Å². The van der Waals surface area contributed by atoms with Crippen molar-refractivity contribution in [2.24, 2.45) is 0 Å². The van der Waals surface area contributed by atoms with Crippen LogP contribution >= 0.6 is 0 Å². The smallest absolute Gasteiger partial charge is 0.307 e. The van der Waals surface area contributed by atoms with Crippen molar-refractivity contribution >= 4 is 11.7 Å². The molecule has 5 heteroatoms. The molecule has 0 bridgehead atoms. The Hall–Kier alpha value is -1.59. The molecule has 0 aliphatic rings. The van der Waals surface area contributed by atoms with Crippen LogP contribution in [-0.4, -0.2) is 56.8 Å². The van der Waals surface area contributed by atoms with Gasteiger partial charge >= 0.3 is 5.97 Å². The lowest BCUT2D eigenvalue weighted by molar-refractivity contribution is -0.143. The number of hydrogen-bond donors (Lipinski definition) is 1. The lowest BCUT2D eigenvalue weighted by Crippen LogP contribution is -2.25. The highest BCUT2D eigenvalue weighted by atomic mass is 16.5. The van der Waals surface area contributed by atoms with Crippen LogP contribution in [-0.2, 0) is 9.53 Å². The highest BCUT2D eigenvalue weighted by molar-refractivity contribution is 5.69. The van der Waals surface area contributed by atoms with Crippen LogP contribution in [0.4, 0.5) is 5.69 Å². The van der Waals surface area contributed by atoms with Crippen molar-refractivity contribution in [1.29, 1.82) is 0 Å². The van der Waals surface area contributed by atoms with Gasteiger partial charge in [-0.25, -0.2) is 0 Å². The maximum absolute atomic E-state index is 11.3. The molecule has 1 unspecified atom stereocenters. The molecule has 1 N–H and O–H groups in total. The number of carbonyl (C=O) groups excluding carboxylic acids is 1. The maximum Gasteiger partial charge on any atom is 0.307 e. The third-order valence-corrected chi connectivity index (χ3v) is 3.58. The fraction of sp³-hybridized carbons (Fsp3) is 0.588. The van der Waals surface area contributed by atoms with Gasteiger partial charge in [-0.1, -0.05) is 12.1 Å². The first-order chi connectivity index (χ1) is 10.4. The van der Waals surface area contributed by atoms with E-state index >= 15 is 0 Å². The predicted octanol–water partition coefficient (Wildman–Crippen LogP) is 2.06. The minimum atomic E-state index is -0.485. The molecule has 0 aromatic heterocycles.